The number of hydrogen-bond acceptors (Lipinski definition) is 2. The molecule has 1 aromatic carbocycles. The predicted molar refractivity (Wildman–Crippen MR) is 64.1 cm³/mol. The van der Waals surface area contributed by atoms with E-state index in [4.69, 9.17) is 16.3 Å². The van der Waals surface area contributed by atoms with E-state index < -0.39 is 5.72 Å². The number of carbonyl (C=O) groups is 1. The summed E-state index contributed by atoms with van der Waals surface area (Å²) in [6.45, 7) is 1.91. The average molecular weight is 253 g/mol. The normalized spacial score (nSPS) is 30.4. The molecular formula is C12H13ClN2O2. The summed E-state index contributed by atoms with van der Waals surface area (Å²) in [7, 11) is 1.73. The van der Waals surface area contributed by atoms with Crippen LogP contribution in [0.2, 0.25) is 5.02 Å². The molecule has 2 aliphatic rings. The number of carbonyl (C=O) groups excluding carboxylic acids is 1. The van der Waals surface area contributed by atoms with Crippen LogP contribution < -0.4 is 10.1 Å². The minimum Gasteiger partial charge on any atom is -0.466 e. The third-order valence-corrected chi connectivity index (χ3v) is 3.89. The van der Waals surface area contributed by atoms with Gasteiger partial charge in [0.05, 0.1) is 11.1 Å². The van der Waals surface area contributed by atoms with Crippen LogP contribution in [0.3, 0.4) is 0 Å². The van der Waals surface area contributed by atoms with Crippen LogP contribution in [0.15, 0.2) is 18.2 Å². The Hall–Kier alpha value is -1.42. The van der Waals surface area contributed by atoms with Crippen molar-refractivity contribution < 1.29 is 9.53 Å². The van der Waals surface area contributed by atoms with Gasteiger partial charge in [0.25, 0.3) is 0 Å². The molecule has 0 spiro atoms. The standard InChI is InChI=1S/C12H13ClN2O2/c1-12-6-9(14-11(16)15(12)2)7-4-3-5-8(13)10(7)17-12/h3-5,9H,6H2,1-2H3,(H,14,16). The highest BCUT2D eigenvalue weighted by molar-refractivity contribution is 6.32. The molecule has 2 heterocycles. The molecule has 90 valence electrons. The van der Waals surface area contributed by atoms with Gasteiger partial charge in [-0.25, -0.2) is 4.79 Å². The second-order valence-corrected chi connectivity index (χ2v) is 5.11. The van der Waals surface area contributed by atoms with E-state index in [1.54, 1.807) is 18.0 Å². The van der Waals surface area contributed by atoms with E-state index in [0.29, 0.717) is 10.8 Å². The number of halogens is 1. The molecule has 2 atom stereocenters. The Morgan fingerprint density at radius 3 is 3.12 bits per heavy atom. The Morgan fingerprint density at radius 2 is 2.35 bits per heavy atom. The molecule has 2 aliphatic heterocycles. The van der Waals surface area contributed by atoms with Gasteiger partial charge < -0.3 is 10.1 Å². The van der Waals surface area contributed by atoms with E-state index in [-0.39, 0.29) is 12.1 Å². The molecule has 2 bridgehead atoms. The van der Waals surface area contributed by atoms with Crippen LogP contribution in [0.1, 0.15) is 24.9 Å². The Kier molecular flexibility index (Phi) is 2.08. The summed E-state index contributed by atoms with van der Waals surface area (Å²) >= 11 is 6.14. The van der Waals surface area contributed by atoms with Gasteiger partial charge in [-0.05, 0) is 13.0 Å². The summed E-state index contributed by atoms with van der Waals surface area (Å²) in [6, 6.07) is 5.47. The number of benzene rings is 1. The van der Waals surface area contributed by atoms with E-state index in [9.17, 15) is 4.79 Å². The molecular weight excluding hydrogens is 240 g/mol. The number of ether oxygens (including phenoxy) is 1. The van der Waals surface area contributed by atoms with Gasteiger partial charge in [0.2, 0.25) is 0 Å². The third kappa shape index (κ3) is 1.40. The van der Waals surface area contributed by atoms with Gasteiger partial charge in [0.1, 0.15) is 5.75 Å². The number of fused-ring (bicyclic) bond motifs is 4. The molecule has 17 heavy (non-hydrogen) atoms. The predicted octanol–water partition coefficient (Wildman–Crippen LogP) is 2.53. The molecule has 4 nitrogen and oxygen atoms in total. The zero-order valence-electron chi connectivity index (χ0n) is 9.66. The van der Waals surface area contributed by atoms with Crippen LogP contribution in [0.25, 0.3) is 0 Å². The number of nitrogens with one attached hydrogen (secondary N) is 1. The molecule has 0 saturated carbocycles. The molecule has 1 fully saturated rings. The molecule has 0 aliphatic carbocycles. The van der Waals surface area contributed by atoms with Crippen LogP contribution in [-0.4, -0.2) is 23.7 Å². The van der Waals surface area contributed by atoms with Gasteiger partial charge in [-0.1, -0.05) is 23.7 Å². The van der Waals surface area contributed by atoms with Crippen LogP contribution in [-0.2, 0) is 0 Å². The van der Waals surface area contributed by atoms with Crippen LogP contribution in [0.5, 0.6) is 5.75 Å². The maximum atomic E-state index is 11.8. The minimum atomic E-state index is -0.620. The minimum absolute atomic E-state index is 0.0221. The number of nitrogens with zero attached hydrogens (tertiary/aromatic N) is 1. The molecule has 2 amide bonds. The van der Waals surface area contributed by atoms with Gasteiger partial charge in [-0.2, -0.15) is 0 Å². The monoisotopic (exact) mass is 252 g/mol. The highest BCUT2D eigenvalue weighted by Crippen LogP contribution is 2.46. The molecule has 5 heteroatoms. The van der Waals surface area contributed by atoms with Gasteiger partial charge in [0.15, 0.2) is 5.72 Å². The summed E-state index contributed by atoms with van der Waals surface area (Å²) in [6.07, 6.45) is 0.725. The smallest absolute Gasteiger partial charge is 0.320 e. The average Bonchev–Trinajstić information content (AvgIpc) is 2.28. The summed E-state index contributed by atoms with van der Waals surface area (Å²) in [5, 5.41) is 3.54. The fraction of sp³-hybridized carbons (Fsp3) is 0.417. The lowest BCUT2D eigenvalue weighted by molar-refractivity contribution is -0.0718. The first-order chi connectivity index (χ1) is 8.01. The molecule has 0 radical (unpaired) electrons. The Bertz CT molecular complexity index is 505. The Morgan fingerprint density at radius 1 is 1.59 bits per heavy atom. The van der Waals surface area contributed by atoms with Crippen molar-refractivity contribution in [2.24, 2.45) is 0 Å². The zero-order valence-corrected chi connectivity index (χ0v) is 10.4. The lowest BCUT2D eigenvalue weighted by Gasteiger charge is -2.49. The molecule has 3 rings (SSSR count). The SMILES string of the molecule is CN1C(=O)NC2CC1(C)Oc1c(Cl)cccc12. The second kappa shape index (κ2) is 3.29. The van der Waals surface area contributed by atoms with E-state index in [2.05, 4.69) is 5.32 Å². The molecule has 0 aromatic heterocycles. The van der Waals surface area contributed by atoms with Crippen molar-refractivity contribution in [3.05, 3.63) is 28.8 Å². The molecule has 1 N–H and O–H groups in total. The second-order valence-electron chi connectivity index (χ2n) is 4.70. The largest absolute Gasteiger partial charge is 0.466 e. The summed E-state index contributed by atoms with van der Waals surface area (Å²) in [4.78, 5) is 13.4. The van der Waals surface area contributed by atoms with Crippen LogP contribution in [0.4, 0.5) is 4.79 Å². The Labute approximate surface area is 104 Å². The first kappa shape index (κ1) is 10.7. The molecule has 1 aromatic rings. The van der Waals surface area contributed by atoms with Crippen molar-refractivity contribution in [3.63, 3.8) is 0 Å². The van der Waals surface area contributed by atoms with Crippen molar-refractivity contribution in [2.75, 3.05) is 7.05 Å². The topological polar surface area (TPSA) is 41.6 Å². The van der Waals surface area contributed by atoms with E-state index in [1.165, 1.54) is 0 Å². The molecule has 2 unspecified atom stereocenters. The number of urea groups is 1. The fourth-order valence-corrected chi connectivity index (χ4v) is 2.67. The maximum Gasteiger partial charge on any atom is 0.320 e. The quantitative estimate of drug-likeness (QED) is 0.771. The van der Waals surface area contributed by atoms with Gasteiger partial charge >= 0.3 is 6.03 Å². The summed E-state index contributed by atoms with van der Waals surface area (Å²) < 4.78 is 5.94. The molecule has 1 saturated heterocycles. The van der Waals surface area contributed by atoms with Gasteiger partial charge in [0, 0.05) is 19.0 Å². The summed E-state index contributed by atoms with van der Waals surface area (Å²) in [5.74, 6) is 0.680. The van der Waals surface area contributed by atoms with E-state index in [1.807, 2.05) is 19.1 Å². The van der Waals surface area contributed by atoms with Gasteiger partial charge in [-0.3, -0.25) is 4.90 Å². The van der Waals surface area contributed by atoms with Gasteiger partial charge in [-0.15, -0.1) is 0 Å². The number of amides is 2. The first-order valence-electron chi connectivity index (χ1n) is 5.53. The van der Waals surface area contributed by atoms with Crippen molar-refractivity contribution in [3.8, 4) is 5.75 Å². The van der Waals surface area contributed by atoms with E-state index >= 15 is 0 Å². The summed E-state index contributed by atoms with van der Waals surface area (Å²) in [5.41, 5.74) is 0.335. The highest BCUT2D eigenvalue weighted by Gasteiger charge is 2.47. The lowest BCUT2D eigenvalue weighted by atomic mass is 9.91. The van der Waals surface area contributed by atoms with Crippen molar-refractivity contribution in [1.29, 1.82) is 0 Å². The van der Waals surface area contributed by atoms with Crippen LogP contribution >= 0.6 is 11.6 Å². The van der Waals surface area contributed by atoms with Crippen molar-refractivity contribution >= 4 is 17.6 Å². The fourth-order valence-electron chi connectivity index (χ4n) is 2.45. The maximum absolute atomic E-state index is 11.8. The third-order valence-electron chi connectivity index (χ3n) is 3.59. The number of rotatable bonds is 0. The highest BCUT2D eigenvalue weighted by atomic mass is 35.5. The van der Waals surface area contributed by atoms with Crippen molar-refractivity contribution in [2.45, 2.75) is 25.1 Å². The van der Waals surface area contributed by atoms with E-state index in [0.717, 1.165) is 12.0 Å². The lowest BCUT2D eigenvalue weighted by Crippen LogP contribution is -2.63. The Balaban J connectivity index is 2.15. The van der Waals surface area contributed by atoms with Crippen LogP contribution in [0, 0.1) is 0 Å². The first-order valence-corrected chi connectivity index (χ1v) is 5.91. The van der Waals surface area contributed by atoms with Crippen molar-refractivity contribution in [1.82, 2.24) is 10.2 Å². The number of hydrogen-bond donors (Lipinski definition) is 1. The number of para-hydroxylation sites is 1. The zero-order chi connectivity index (χ0) is 12.2.